The summed E-state index contributed by atoms with van der Waals surface area (Å²) < 4.78 is 9.43. The van der Waals surface area contributed by atoms with Crippen molar-refractivity contribution in [3.05, 3.63) is 48.4 Å². The number of aryl methyl sites for hydroxylation is 1. The number of nitrogens with zero attached hydrogens (tertiary/aromatic N) is 7. The number of fused-ring (bicyclic) bond motifs is 2. The maximum absolute atomic E-state index is 6.62. The molecule has 1 aliphatic rings. The van der Waals surface area contributed by atoms with Crippen molar-refractivity contribution >= 4 is 44.0 Å². The predicted octanol–water partition coefficient (Wildman–Crippen LogP) is 4.25. The van der Waals surface area contributed by atoms with Gasteiger partial charge in [-0.1, -0.05) is 5.21 Å². The van der Waals surface area contributed by atoms with Crippen molar-refractivity contribution < 1.29 is 4.74 Å². The van der Waals surface area contributed by atoms with E-state index in [1.54, 1.807) is 22.3 Å². The molecule has 1 N–H and O–H groups in total. The molecule has 9 nitrogen and oxygen atoms in total. The van der Waals surface area contributed by atoms with Crippen LogP contribution in [0.2, 0.25) is 0 Å². The van der Waals surface area contributed by atoms with Crippen LogP contribution in [0.15, 0.2) is 48.4 Å². The van der Waals surface area contributed by atoms with Gasteiger partial charge in [-0.15, -0.1) is 16.4 Å². The minimum absolute atomic E-state index is 0.0978. The third-order valence-corrected chi connectivity index (χ3v) is 6.86. The SMILES string of the molecule is CN1CCC[C@H](Oc2cc(-c3cn(C)nn3)cc3ncnc(Nc4ccc5ncsc5c4)c23)C1. The summed E-state index contributed by atoms with van der Waals surface area (Å²) in [7, 11) is 3.99. The number of rotatable bonds is 5. The van der Waals surface area contributed by atoms with Gasteiger partial charge in [-0.25, -0.2) is 15.0 Å². The summed E-state index contributed by atoms with van der Waals surface area (Å²) in [5.74, 6) is 1.46. The number of hydrogen-bond donors (Lipinski definition) is 1. The summed E-state index contributed by atoms with van der Waals surface area (Å²) in [5, 5.41) is 12.7. The molecule has 6 rings (SSSR count). The molecule has 34 heavy (non-hydrogen) atoms. The van der Waals surface area contributed by atoms with Gasteiger partial charge in [0.15, 0.2) is 0 Å². The number of benzene rings is 2. The Labute approximate surface area is 200 Å². The van der Waals surface area contributed by atoms with Crippen LogP contribution in [-0.2, 0) is 7.05 Å². The van der Waals surface area contributed by atoms with Gasteiger partial charge in [0.25, 0.3) is 0 Å². The lowest BCUT2D eigenvalue weighted by Gasteiger charge is -2.30. The smallest absolute Gasteiger partial charge is 0.145 e. The van der Waals surface area contributed by atoms with Gasteiger partial charge in [0.2, 0.25) is 0 Å². The number of piperidine rings is 1. The Kier molecular flexibility index (Phi) is 5.31. The molecule has 3 aromatic heterocycles. The zero-order valence-corrected chi connectivity index (χ0v) is 19.8. The van der Waals surface area contributed by atoms with Crippen molar-refractivity contribution in [2.45, 2.75) is 18.9 Å². The van der Waals surface area contributed by atoms with Crippen LogP contribution in [-0.4, -0.2) is 61.1 Å². The molecule has 0 saturated carbocycles. The lowest BCUT2D eigenvalue weighted by Crippen LogP contribution is -2.38. The highest BCUT2D eigenvalue weighted by Crippen LogP contribution is 2.37. The van der Waals surface area contributed by atoms with E-state index >= 15 is 0 Å². The lowest BCUT2D eigenvalue weighted by molar-refractivity contribution is 0.106. The summed E-state index contributed by atoms with van der Waals surface area (Å²) in [6.07, 6.45) is 5.69. The van der Waals surface area contributed by atoms with Crippen molar-refractivity contribution in [2.75, 3.05) is 25.5 Å². The van der Waals surface area contributed by atoms with Gasteiger partial charge in [0.1, 0.15) is 29.7 Å². The molecule has 1 atom stereocenters. The summed E-state index contributed by atoms with van der Waals surface area (Å²) in [6.45, 7) is 1.98. The first-order chi connectivity index (χ1) is 16.6. The van der Waals surface area contributed by atoms with E-state index in [4.69, 9.17) is 4.74 Å². The van der Waals surface area contributed by atoms with Crippen LogP contribution >= 0.6 is 11.3 Å². The van der Waals surface area contributed by atoms with Crippen molar-refractivity contribution in [3.63, 3.8) is 0 Å². The standard InChI is InChI=1S/C24H24N8OS/c1-31-7-3-4-17(11-31)33-21-9-15(20-12-32(2)30-29-20)8-19-23(21)24(26-13-25-19)28-16-5-6-18-22(10-16)34-14-27-18/h5-6,8-10,12-14,17H,3-4,7,11H2,1-2H3,(H,25,26,28)/t17-/m0/s1. The molecule has 0 aliphatic carbocycles. The van der Waals surface area contributed by atoms with E-state index in [0.717, 1.165) is 69.7 Å². The first-order valence-corrected chi connectivity index (χ1v) is 12.1. The Bertz CT molecular complexity index is 1480. The average molecular weight is 473 g/mol. The number of likely N-dealkylation sites (N-methyl/N-ethyl adjacent to an activating group) is 1. The van der Waals surface area contributed by atoms with Gasteiger partial charge in [-0.3, -0.25) is 4.68 Å². The second-order valence-corrected chi connectivity index (χ2v) is 9.56. The second-order valence-electron chi connectivity index (χ2n) is 8.67. The minimum atomic E-state index is 0.0978. The molecule has 172 valence electrons. The minimum Gasteiger partial charge on any atom is -0.488 e. The molecule has 5 aromatic rings. The van der Waals surface area contributed by atoms with Crippen LogP contribution in [0, 0.1) is 0 Å². The average Bonchev–Trinajstić information content (AvgIpc) is 3.47. The Morgan fingerprint density at radius 2 is 2.03 bits per heavy atom. The summed E-state index contributed by atoms with van der Waals surface area (Å²) in [4.78, 5) is 15.8. The van der Waals surface area contributed by atoms with Crippen LogP contribution in [0.1, 0.15) is 12.8 Å². The summed E-state index contributed by atoms with van der Waals surface area (Å²) in [5.41, 5.74) is 6.27. The molecule has 0 unspecified atom stereocenters. The number of anilines is 2. The van der Waals surface area contributed by atoms with Gasteiger partial charge < -0.3 is 15.0 Å². The van der Waals surface area contributed by atoms with Crippen LogP contribution in [0.4, 0.5) is 11.5 Å². The van der Waals surface area contributed by atoms with Crippen LogP contribution in [0.3, 0.4) is 0 Å². The highest BCUT2D eigenvalue weighted by molar-refractivity contribution is 7.16. The quantitative estimate of drug-likeness (QED) is 0.406. The monoisotopic (exact) mass is 472 g/mol. The van der Waals surface area contributed by atoms with Gasteiger partial charge >= 0.3 is 0 Å². The third-order valence-electron chi connectivity index (χ3n) is 6.07. The van der Waals surface area contributed by atoms with Crippen LogP contribution in [0.25, 0.3) is 32.4 Å². The number of nitrogens with one attached hydrogen (secondary N) is 1. The van der Waals surface area contributed by atoms with Gasteiger partial charge in [0.05, 0.1) is 32.8 Å². The van der Waals surface area contributed by atoms with Crippen molar-refractivity contribution in [1.29, 1.82) is 0 Å². The fraction of sp³-hybridized carbons (Fsp3) is 0.292. The second kappa shape index (κ2) is 8.62. The predicted molar refractivity (Wildman–Crippen MR) is 134 cm³/mol. The molecule has 1 aliphatic heterocycles. The molecular formula is C24H24N8OS. The first kappa shape index (κ1) is 20.9. The van der Waals surface area contributed by atoms with Crippen molar-refractivity contribution in [3.8, 4) is 17.0 Å². The van der Waals surface area contributed by atoms with E-state index < -0.39 is 0 Å². The summed E-state index contributed by atoms with van der Waals surface area (Å²) >= 11 is 1.62. The lowest BCUT2D eigenvalue weighted by atomic mass is 10.1. The number of aromatic nitrogens is 6. The molecule has 10 heteroatoms. The first-order valence-electron chi connectivity index (χ1n) is 11.2. The fourth-order valence-corrected chi connectivity index (χ4v) is 5.15. The van der Waals surface area contributed by atoms with E-state index in [-0.39, 0.29) is 6.10 Å². The maximum atomic E-state index is 6.62. The maximum Gasteiger partial charge on any atom is 0.145 e. The Morgan fingerprint density at radius 1 is 1.09 bits per heavy atom. The van der Waals surface area contributed by atoms with Crippen LogP contribution < -0.4 is 10.1 Å². The largest absolute Gasteiger partial charge is 0.488 e. The number of thiazole rings is 1. The molecule has 0 amide bonds. The zero-order chi connectivity index (χ0) is 23.1. The Balaban J connectivity index is 1.45. The summed E-state index contributed by atoms with van der Waals surface area (Å²) in [6, 6.07) is 10.2. The van der Waals surface area contributed by atoms with E-state index in [2.05, 4.69) is 48.6 Å². The molecule has 1 saturated heterocycles. The van der Waals surface area contributed by atoms with Gasteiger partial charge in [-0.2, -0.15) is 0 Å². The molecule has 0 radical (unpaired) electrons. The van der Waals surface area contributed by atoms with E-state index in [0.29, 0.717) is 5.82 Å². The van der Waals surface area contributed by atoms with E-state index in [1.165, 1.54) is 0 Å². The highest BCUT2D eigenvalue weighted by atomic mass is 32.1. The topological polar surface area (TPSA) is 93.9 Å². The fourth-order valence-electron chi connectivity index (χ4n) is 4.43. The molecule has 2 aromatic carbocycles. The molecule has 4 heterocycles. The number of likely N-dealkylation sites (tertiary alicyclic amines) is 1. The van der Waals surface area contributed by atoms with Gasteiger partial charge in [0, 0.05) is 24.8 Å². The molecule has 0 bridgehead atoms. The van der Waals surface area contributed by atoms with E-state index in [1.807, 2.05) is 43.0 Å². The number of hydrogen-bond acceptors (Lipinski definition) is 9. The zero-order valence-electron chi connectivity index (χ0n) is 19.0. The van der Waals surface area contributed by atoms with Crippen molar-refractivity contribution in [1.82, 2.24) is 34.8 Å². The molecule has 1 fully saturated rings. The van der Waals surface area contributed by atoms with E-state index in [9.17, 15) is 0 Å². The number of ether oxygens (including phenoxy) is 1. The van der Waals surface area contributed by atoms with Crippen molar-refractivity contribution in [2.24, 2.45) is 7.05 Å². The normalized spacial score (nSPS) is 16.8. The van der Waals surface area contributed by atoms with Gasteiger partial charge in [-0.05, 0) is 56.8 Å². The Hall–Kier alpha value is -3.63. The molecular weight excluding hydrogens is 448 g/mol. The third kappa shape index (κ3) is 4.06. The molecule has 0 spiro atoms. The van der Waals surface area contributed by atoms with Crippen LogP contribution in [0.5, 0.6) is 5.75 Å². The Morgan fingerprint density at radius 3 is 2.88 bits per heavy atom. The highest BCUT2D eigenvalue weighted by Gasteiger charge is 2.22.